The molecule has 0 aliphatic carbocycles. The Labute approximate surface area is 88.5 Å². The lowest BCUT2D eigenvalue weighted by atomic mass is 10.2. The molecule has 1 aromatic rings. The van der Waals surface area contributed by atoms with Gasteiger partial charge < -0.3 is 9.88 Å². The second-order valence-electron chi connectivity index (χ2n) is 3.41. The largest absolute Gasteiger partial charge is 0.352 e. The van der Waals surface area contributed by atoms with Crippen molar-refractivity contribution in [3.8, 4) is 0 Å². The van der Waals surface area contributed by atoms with Gasteiger partial charge in [-0.25, -0.2) is 4.98 Å². The molecule has 1 heterocycles. The first-order chi connectivity index (χ1) is 7.17. The molecule has 0 aliphatic rings. The third kappa shape index (κ3) is 3.19. The van der Waals surface area contributed by atoms with Crippen LogP contribution >= 0.6 is 0 Å². The molecule has 0 aliphatic heterocycles. The Hall–Kier alpha value is -1.65. The smallest absolute Gasteiger partial charge is 0.240 e. The van der Waals surface area contributed by atoms with E-state index in [0.717, 1.165) is 6.42 Å². The molecule has 0 aromatic carbocycles. The molecule has 0 spiro atoms. The average Bonchev–Trinajstić information content (AvgIpc) is 2.64. The summed E-state index contributed by atoms with van der Waals surface area (Å²) in [6.07, 6.45) is 4.63. The number of aromatic nitrogens is 2. The van der Waals surface area contributed by atoms with Gasteiger partial charge in [0.2, 0.25) is 5.91 Å². The first-order valence-corrected chi connectivity index (χ1v) is 4.93. The van der Waals surface area contributed by atoms with Crippen molar-refractivity contribution in [1.82, 2.24) is 14.9 Å². The second-order valence-corrected chi connectivity index (χ2v) is 3.41. The van der Waals surface area contributed by atoms with E-state index in [4.69, 9.17) is 0 Å². The van der Waals surface area contributed by atoms with Gasteiger partial charge in [0.05, 0.1) is 0 Å². The normalized spacial score (nSPS) is 12.1. The van der Waals surface area contributed by atoms with Crippen LogP contribution in [0.25, 0.3) is 0 Å². The number of carbonyl (C=O) groups is 2. The molecule has 0 saturated carbocycles. The number of imidazole rings is 1. The Bertz CT molecular complexity index is 346. The maximum absolute atomic E-state index is 11.5. The molecule has 5 heteroatoms. The molecule has 1 amide bonds. The predicted octanol–water partition coefficient (Wildman–Crippen LogP) is 0.610. The van der Waals surface area contributed by atoms with Crippen molar-refractivity contribution in [3.05, 3.63) is 18.2 Å². The van der Waals surface area contributed by atoms with Crippen molar-refractivity contribution in [2.45, 2.75) is 32.9 Å². The summed E-state index contributed by atoms with van der Waals surface area (Å²) >= 11 is 0. The zero-order chi connectivity index (χ0) is 11.3. The molecule has 1 rings (SSSR count). The number of aldehydes is 1. The molecule has 0 saturated heterocycles. The van der Waals surface area contributed by atoms with Crippen LogP contribution in [0.5, 0.6) is 0 Å². The summed E-state index contributed by atoms with van der Waals surface area (Å²) in [6.45, 7) is 4.07. The topological polar surface area (TPSA) is 64.0 Å². The third-order valence-electron chi connectivity index (χ3n) is 2.19. The van der Waals surface area contributed by atoms with Gasteiger partial charge in [0.15, 0.2) is 12.1 Å². The fraction of sp³-hybridized carbons (Fsp3) is 0.500. The summed E-state index contributed by atoms with van der Waals surface area (Å²) in [5, 5.41) is 2.82. The van der Waals surface area contributed by atoms with Gasteiger partial charge in [-0.15, -0.1) is 0 Å². The molecule has 1 atom stereocenters. The first-order valence-electron chi connectivity index (χ1n) is 4.93. The summed E-state index contributed by atoms with van der Waals surface area (Å²) < 4.78 is 1.52. The Kier molecular flexibility index (Phi) is 4.03. The van der Waals surface area contributed by atoms with Crippen LogP contribution in [0.15, 0.2) is 12.4 Å². The Morgan fingerprint density at radius 2 is 2.47 bits per heavy atom. The van der Waals surface area contributed by atoms with E-state index in [2.05, 4.69) is 10.3 Å². The maximum atomic E-state index is 11.5. The lowest BCUT2D eigenvalue weighted by molar-refractivity contribution is -0.122. The van der Waals surface area contributed by atoms with Gasteiger partial charge in [-0.05, 0) is 13.3 Å². The van der Waals surface area contributed by atoms with Crippen LogP contribution in [-0.4, -0.2) is 27.8 Å². The van der Waals surface area contributed by atoms with E-state index in [9.17, 15) is 9.59 Å². The van der Waals surface area contributed by atoms with E-state index in [-0.39, 0.29) is 24.3 Å². The molecule has 82 valence electrons. The molecular formula is C10H15N3O2. The monoisotopic (exact) mass is 209 g/mol. The first kappa shape index (κ1) is 11.4. The van der Waals surface area contributed by atoms with Gasteiger partial charge in [0, 0.05) is 18.4 Å². The number of nitrogens with one attached hydrogen (secondary N) is 1. The summed E-state index contributed by atoms with van der Waals surface area (Å²) in [6, 6.07) is 0.153. The Balaban J connectivity index is 2.54. The van der Waals surface area contributed by atoms with Crippen molar-refractivity contribution in [1.29, 1.82) is 0 Å². The minimum Gasteiger partial charge on any atom is -0.352 e. The van der Waals surface area contributed by atoms with Crippen LogP contribution in [0.1, 0.15) is 30.9 Å². The van der Waals surface area contributed by atoms with Gasteiger partial charge in [0.25, 0.3) is 0 Å². The number of carbonyl (C=O) groups excluding carboxylic acids is 2. The third-order valence-corrected chi connectivity index (χ3v) is 2.19. The molecule has 0 bridgehead atoms. The highest BCUT2D eigenvalue weighted by molar-refractivity contribution is 5.77. The summed E-state index contributed by atoms with van der Waals surface area (Å²) in [4.78, 5) is 25.8. The standard InChI is InChI=1S/C10H15N3O2/c1-3-8(2)12-10(15)6-13-5-4-11-9(13)7-14/h4-5,7-8H,3,6H2,1-2H3,(H,12,15). The summed E-state index contributed by atoms with van der Waals surface area (Å²) in [5.41, 5.74) is 0. The highest BCUT2D eigenvalue weighted by Crippen LogP contribution is 1.95. The molecular weight excluding hydrogens is 194 g/mol. The van der Waals surface area contributed by atoms with Gasteiger partial charge in [0.1, 0.15) is 6.54 Å². The van der Waals surface area contributed by atoms with Crippen LogP contribution in [0.2, 0.25) is 0 Å². The molecule has 1 N–H and O–H groups in total. The SMILES string of the molecule is CCC(C)NC(=O)Cn1ccnc1C=O. The van der Waals surface area contributed by atoms with Crippen molar-refractivity contribution in [3.63, 3.8) is 0 Å². The van der Waals surface area contributed by atoms with E-state index >= 15 is 0 Å². The summed E-state index contributed by atoms with van der Waals surface area (Å²) in [5.74, 6) is 0.166. The number of hydrogen-bond donors (Lipinski definition) is 1. The fourth-order valence-corrected chi connectivity index (χ4v) is 1.15. The van der Waals surface area contributed by atoms with E-state index < -0.39 is 0 Å². The molecule has 0 fully saturated rings. The van der Waals surface area contributed by atoms with Crippen molar-refractivity contribution < 1.29 is 9.59 Å². The van der Waals surface area contributed by atoms with Gasteiger partial charge in [-0.3, -0.25) is 9.59 Å². The van der Waals surface area contributed by atoms with Gasteiger partial charge in [-0.1, -0.05) is 6.92 Å². The van der Waals surface area contributed by atoms with E-state index in [1.165, 1.54) is 10.8 Å². The highest BCUT2D eigenvalue weighted by atomic mass is 16.2. The predicted molar refractivity (Wildman–Crippen MR) is 55.5 cm³/mol. The molecule has 0 radical (unpaired) electrons. The molecule has 1 aromatic heterocycles. The zero-order valence-electron chi connectivity index (χ0n) is 8.93. The van der Waals surface area contributed by atoms with E-state index in [1.807, 2.05) is 13.8 Å². The van der Waals surface area contributed by atoms with Crippen LogP contribution in [0, 0.1) is 0 Å². The number of hydrogen-bond acceptors (Lipinski definition) is 3. The van der Waals surface area contributed by atoms with Crippen LogP contribution in [0.4, 0.5) is 0 Å². The lowest BCUT2D eigenvalue weighted by Crippen LogP contribution is -2.34. The fourth-order valence-electron chi connectivity index (χ4n) is 1.15. The molecule has 5 nitrogen and oxygen atoms in total. The minimum atomic E-state index is -0.106. The van der Waals surface area contributed by atoms with Gasteiger partial charge in [-0.2, -0.15) is 0 Å². The van der Waals surface area contributed by atoms with Crippen LogP contribution in [0.3, 0.4) is 0 Å². The minimum absolute atomic E-state index is 0.106. The van der Waals surface area contributed by atoms with E-state index in [0.29, 0.717) is 6.29 Å². The number of nitrogens with zero attached hydrogens (tertiary/aromatic N) is 2. The zero-order valence-corrected chi connectivity index (χ0v) is 8.93. The number of rotatable bonds is 5. The van der Waals surface area contributed by atoms with Gasteiger partial charge >= 0.3 is 0 Å². The number of amides is 1. The summed E-state index contributed by atoms with van der Waals surface area (Å²) in [7, 11) is 0. The average molecular weight is 209 g/mol. The molecule has 1 unspecified atom stereocenters. The highest BCUT2D eigenvalue weighted by Gasteiger charge is 2.08. The van der Waals surface area contributed by atoms with Crippen LogP contribution < -0.4 is 5.32 Å². The second kappa shape index (κ2) is 5.29. The van der Waals surface area contributed by atoms with Crippen molar-refractivity contribution in [2.24, 2.45) is 0 Å². The maximum Gasteiger partial charge on any atom is 0.240 e. The van der Waals surface area contributed by atoms with E-state index in [1.54, 1.807) is 6.20 Å². The Morgan fingerprint density at radius 1 is 1.73 bits per heavy atom. The van der Waals surface area contributed by atoms with Crippen LogP contribution in [-0.2, 0) is 11.3 Å². The Morgan fingerprint density at radius 3 is 3.07 bits per heavy atom. The quantitative estimate of drug-likeness (QED) is 0.723. The molecule has 15 heavy (non-hydrogen) atoms. The van der Waals surface area contributed by atoms with Crippen molar-refractivity contribution >= 4 is 12.2 Å². The van der Waals surface area contributed by atoms with Crippen molar-refractivity contribution in [2.75, 3.05) is 0 Å². The lowest BCUT2D eigenvalue weighted by Gasteiger charge is -2.11.